The summed E-state index contributed by atoms with van der Waals surface area (Å²) in [6.45, 7) is 6.45. The van der Waals surface area contributed by atoms with E-state index in [0.29, 0.717) is 13.1 Å². The summed E-state index contributed by atoms with van der Waals surface area (Å²) in [5.41, 5.74) is 2.98. The topological polar surface area (TPSA) is 68.8 Å². The van der Waals surface area contributed by atoms with Crippen LogP contribution in [-0.2, 0) is 16.1 Å². The molecule has 1 fully saturated rings. The molecule has 7 nitrogen and oxygen atoms in total. The van der Waals surface area contributed by atoms with E-state index in [1.54, 1.807) is 17.3 Å². The molecule has 0 saturated carbocycles. The van der Waals surface area contributed by atoms with Gasteiger partial charge in [-0.1, -0.05) is 0 Å². The molecule has 0 spiro atoms. The van der Waals surface area contributed by atoms with E-state index in [0.717, 1.165) is 37.4 Å². The lowest BCUT2D eigenvalue weighted by Crippen LogP contribution is -2.44. The van der Waals surface area contributed by atoms with Crippen LogP contribution in [0.5, 0.6) is 0 Å². The van der Waals surface area contributed by atoms with Gasteiger partial charge >= 0.3 is 0 Å². The molecule has 0 atom stereocenters. The predicted molar refractivity (Wildman–Crippen MR) is 115 cm³/mol. The van der Waals surface area contributed by atoms with Gasteiger partial charge in [0.05, 0.1) is 0 Å². The average molecular weight is 396 g/mol. The minimum Gasteiger partial charge on any atom is -0.369 e. The van der Waals surface area contributed by atoms with Crippen LogP contribution in [-0.4, -0.2) is 61.5 Å². The molecule has 7 heteroatoms. The molecule has 1 aromatic carbocycles. The molecule has 2 amide bonds. The molecule has 3 rings (SSSR count). The van der Waals surface area contributed by atoms with Crippen molar-refractivity contribution in [3.05, 3.63) is 54.4 Å². The molecule has 2 aromatic rings. The van der Waals surface area contributed by atoms with Crippen molar-refractivity contribution in [2.75, 3.05) is 49.6 Å². The van der Waals surface area contributed by atoms with Gasteiger partial charge in [0.2, 0.25) is 11.8 Å². The fourth-order valence-corrected chi connectivity index (χ4v) is 3.38. The van der Waals surface area contributed by atoms with Gasteiger partial charge < -0.3 is 20.0 Å². The van der Waals surface area contributed by atoms with Crippen LogP contribution in [0.25, 0.3) is 0 Å². The summed E-state index contributed by atoms with van der Waals surface area (Å²) in [5.74, 6) is -0.151. The first-order valence-electron chi connectivity index (χ1n) is 10.00. The number of carbonyl (C=O) groups excluding carboxylic acids is 2. The third kappa shape index (κ3) is 6.02. The second kappa shape index (κ2) is 10.0. The van der Waals surface area contributed by atoms with Crippen LogP contribution >= 0.6 is 0 Å². The number of benzene rings is 1. The van der Waals surface area contributed by atoms with E-state index >= 15 is 0 Å². The van der Waals surface area contributed by atoms with Crippen molar-refractivity contribution in [2.24, 2.45) is 0 Å². The minimum absolute atomic E-state index is 0.0701. The Morgan fingerprint density at radius 3 is 2.31 bits per heavy atom. The normalized spacial score (nSPS) is 14.5. The Bertz CT molecular complexity index is 802. The molecule has 1 N–H and O–H groups in total. The highest BCUT2D eigenvalue weighted by molar-refractivity contribution is 5.92. The quantitative estimate of drug-likeness (QED) is 0.775. The number of amides is 2. The summed E-state index contributed by atoms with van der Waals surface area (Å²) < 4.78 is 0. The number of anilines is 2. The van der Waals surface area contributed by atoms with E-state index in [9.17, 15) is 9.59 Å². The number of hydrogen-bond acceptors (Lipinski definition) is 5. The van der Waals surface area contributed by atoms with E-state index in [2.05, 4.69) is 39.3 Å². The lowest BCUT2D eigenvalue weighted by atomic mass is 10.2. The number of nitrogens with one attached hydrogen (secondary N) is 1. The first-order valence-corrected chi connectivity index (χ1v) is 10.00. The van der Waals surface area contributed by atoms with Gasteiger partial charge in [-0.3, -0.25) is 14.6 Å². The smallest absolute Gasteiger partial charge is 0.223 e. The van der Waals surface area contributed by atoms with Crippen molar-refractivity contribution >= 4 is 23.2 Å². The summed E-state index contributed by atoms with van der Waals surface area (Å²) in [4.78, 5) is 34.6. The molecular formula is C22H29N5O2. The van der Waals surface area contributed by atoms with Crippen LogP contribution in [0.2, 0.25) is 0 Å². The zero-order valence-corrected chi connectivity index (χ0v) is 17.2. The van der Waals surface area contributed by atoms with E-state index in [-0.39, 0.29) is 18.2 Å². The molecule has 1 aliphatic rings. The number of pyridine rings is 1. The van der Waals surface area contributed by atoms with Gasteiger partial charge in [0.1, 0.15) is 0 Å². The molecule has 1 aliphatic heterocycles. The molecule has 0 aliphatic carbocycles. The summed E-state index contributed by atoms with van der Waals surface area (Å²) in [7, 11) is 2.14. The third-order valence-corrected chi connectivity index (χ3v) is 5.21. The maximum absolute atomic E-state index is 12.2. The van der Waals surface area contributed by atoms with Gasteiger partial charge in [-0.25, -0.2) is 0 Å². The maximum atomic E-state index is 12.2. The molecule has 1 saturated heterocycles. The predicted octanol–water partition coefficient (Wildman–Crippen LogP) is 1.89. The fourth-order valence-electron chi connectivity index (χ4n) is 3.38. The van der Waals surface area contributed by atoms with Gasteiger partial charge in [0.25, 0.3) is 0 Å². The Labute approximate surface area is 172 Å². The SMILES string of the molecule is CC(=O)N(CCC(=O)NCc1ccncc1)c1ccc(N2CCN(C)CC2)cc1. The summed E-state index contributed by atoms with van der Waals surface area (Å²) in [6, 6.07) is 11.8. The largest absolute Gasteiger partial charge is 0.369 e. The molecular weight excluding hydrogens is 366 g/mol. The van der Waals surface area contributed by atoms with Crippen molar-refractivity contribution in [3.63, 3.8) is 0 Å². The Balaban J connectivity index is 1.53. The number of aromatic nitrogens is 1. The van der Waals surface area contributed by atoms with Crippen LogP contribution in [0.3, 0.4) is 0 Å². The Morgan fingerprint density at radius 2 is 1.69 bits per heavy atom. The van der Waals surface area contributed by atoms with Gasteiger partial charge in [-0.05, 0) is 49.0 Å². The summed E-state index contributed by atoms with van der Waals surface area (Å²) >= 11 is 0. The molecule has 0 radical (unpaired) electrons. The minimum atomic E-state index is -0.0814. The van der Waals surface area contributed by atoms with Crippen molar-refractivity contribution in [1.29, 1.82) is 0 Å². The Morgan fingerprint density at radius 1 is 1.03 bits per heavy atom. The zero-order valence-electron chi connectivity index (χ0n) is 17.2. The van der Waals surface area contributed by atoms with Crippen LogP contribution in [0, 0.1) is 0 Å². The van der Waals surface area contributed by atoms with E-state index in [1.807, 2.05) is 24.3 Å². The van der Waals surface area contributed by atoms with E-state index < -0.39 is 0 Å². The van der Waals surface area contributed by atoms with Gasteiger partial charge in [0, 0.05) is 76.4 Å². The number of likely N-dealkylation sites (N-methyl/N-ethyl adjacent to an activating group) is 1. The Hall–Kier alpha value is -2.93. The molecule has 0 unspecified atom stereocenters. The highest BCUT2D eigenvalue weighted by Gasteiger charge is 2.16. The molecule has 154 valence electrons. The highest BCUT2D eigenvalue weighted by atomic mass is 16.2. The lowest BCUT2D eigenvalue weighted by Gasteiger charge is -2.34. The standard InChI is InChI=1S/C22H29N5O2/c1-18(28)27(12-9-22(29)24-17-19-7-10-23-11-8-19)21-5-3-20(4-6-21)26-15-13-25(2)14-16-26/h3-8,10-11H,9,12-17H2,1-2H3,(H,24,29). The summed E-state index contributed by atoms with van der Waals surface area (Å²) in [5, 5.41) is 2.89. The lowest BCUT2D eigenvalue weighted by molar-refractivity contribution is -0.121. The zero-order chi connectivity index (χ0) is 20.6. The number of nitrogens with zero attached hydrogens (tertiary/aromatic N) is 4. The van der Waals surface area contributed by atoms with Crippen LogP contribution < -0.4 is 15.1 Å². The molecule has 0 bridgehead atoms. The van der Waals surface area contributed by atoms with Gasteiger partial charge in [-0.2, -0.15) is 0 Å². The second-order valence-corrected chi connectivity index (χ2v) is 7.36. The fraction of sp³-hybridized carbons (Fsp3) is 0.409. The number of piperazine rings is 1. The first kappa shape index (κ1) is 20.8. The number of rotatable bonds is 7. The van der Waals surface area contributed by atoms with Crippen LogP contribution in [0.1, 0.15) is 18.9 Å². The monoisotopic (exact) mass is 395 g/mol. The van der Waals surface area contributed by atoms with Crippen molar-refractivity contribution in [1.82, 2.24) is 15.2 Å². The molecule has 2 heterocycles. The summed E-state index contributed by atoms with van der Waals surface area (Å²) in [6.07, 6.45) is 3.65. The van der Waals surface area contributed by atoms with Crippen LogP contribution in [0.4, 0.5) is 11.4 Å². The van der Waals surface area contributed by atoms with Gasteiger partial charge in [0.15, 0.2) is 0 Å². The molecule has 1 aromatic heterocycles. The Kier molecular flexibility index (Phi) is 7.19. The number of carbonyl (C=O) groups is 2. The third-order valence-electron chi connectivity index (χ3n) is 5.21. The highest BCUT2D eigenvalue weighted by Crippen LogP contribution is 2.22. The van der Waals surface area contributed by atoms with Crippen molar-refractivity contribution in [3.8, 4) is 0 Å². The van der Waals surface area contributed by atoms with Crippen molar-refractivity contribution in [2.45, 2.75) is 19.9 Å². The number of hydrogen-bond donors (Lipinski definition) is 1. The van der Waals surface area contributed by atoms with E-state index in [4.69, 9.17) is 0 Å². The van der Waals surface area contributed by atoms with Gasteiger partial charge in [-0.15, -0.1) is 0 Å². The second-order valence-electron chi connectivity index (χ2n) is 7.36. The average Bonchev–Trinajstić information content (AvgIpc) is 2.74. The van der Waals surface area contributed by atoms with Crippen molar-refractivity contribution < 1.29 is 9.59 Å². The first-order chi connectivity index (χ1) is 14.0. The molecule has 29 heavy (non-hydrogen) atoms. The van der Waals surface area contributed by atoms with Crippen LogP contribution in [0.15, 0.2) is 48.8 Å². The van der Waals surface area contributed by atoms with E-state index in [1.165, 1.54) is 12.6 Å². The maximum Gasteiger partial charge on any atom is 0.223 e.